The molecule has 0 bridgehead atoms. The lowest BCUT2D eigenvalue weighted by molar-refractivity contribution is -0.116. The van der Waals surface area contributed by atoms with Gasteiger partial charge in [0.15, 0.2) is 0 Å². The first-order chi connectivity index (χ1) is 13.7. The Bertz CT molecular complexity index is 941. The number of carbonyl (C=O) groups excluding carboxylic acids is 1. The molecule has 2 aliphatic rings. The van der Waals surface area contributed by atoms with Gasteiger partial charge in [0, 0.05) is 36.6 Å². The summed E-state index contributed by atoms with van der Waals surface area (Å²) in [5, 5.41) is 9.82. The van der Waals surface area contributed by atoms with Crippen molar-refractivity contribution in [1.29, 1.82) is 0 Å². The van der Waals surface area contributed by atoms with E-state index in [4.69, 9.17) is 5.11 Å². The molecule has 0 unspecified atom stereocenters. The maximum atomic E-state index is 12.8. The number of hydrogen-bond acceptors (Lipinski definition) is 5. The Balaban J connectivity index is 1.53. The third kappa shape index (κ3) is 3.73. The number of thioether (sulfide) groups is 1. The van der Waals surface area contributed by atoms with E-state index in [-0.39, 0.29) is 24.0 Å². The predicted octanol–water partition coefficient (Wildman–Crippen LogP) is 2.19. The number of benzene rings is 1. The molecule has 0 saturated heterocycles. The Morgan fingerprint density at radius 3 is 2.86 bits per heavy atom. The van der Waals surface area contributed by atoms with Gasteiger partial charge in [-0.25, -0.2) is 4.79 Å². The van der Waals surface area contributed by atoms with Gasteiger partial charge >= 0.3 is 5.69 Å². The number of nitrogens with zero attached hydrogens (tertiary/aromatic N) is 3. The number of aliphatic hydroxyl groups excluding tert-OH is 1. The van der Waals surface area contributed by atoms with Crippen LogP contribution < -0.4 is 10.6 Å². The van der Waals surface area contributed by atoms with Crippen LogP contribution in [-0.4, -0.2) is 39.5 Å². The number of fused-ring (bicyclic) bond motifs is 2. The van der Waals surface area contributed by atoms with Crippen molar-refractivity contribution in [3.63, 3.8) is 0 Å². The Kier molecular flexibility index (Phi) is 5.82. The first kappa shape index (κ1) is 19.2. The highest BCUT2D eigenvalue weighted by atomic mass is 32.2. The number of hydrogen-bond donors (Lipinski definition) is 1. The van der Waals surface area contributed by atoms with E-state index < -0.39 is 0 Å². The number of carbonyl (C=O) groups is 1. The molecule has 0 saturated carbocycles. The van der Waals surface area contributed by atoms with E-state index in [0.717, 1.165) is 49.0 Å². The number of aliphatic hydroxyl groups is 1. The van der Waals surface area contributed by atoms with Crippen LogP contribution in [0.3, 0.4) is 0 Å². The van der Waals surface area contributed by atoms with Gasteiger partial charge in [-0.05, 0) is 50.2 Å². The largest absolute Gasteiger partial charge is 0.396 e. The summed E-state index contributed by atoms with van der Waals surface area (Å²) in [5.41, 5.74) is 4.10. The molecule has 1 amide bonds. The van der Waals surface area contributed by atoms with E-state index >= 15 is 0 Å². The summed E-state index contributed by atoms with van der Waals surface area (Å²) in [6, 6.07) is 8.03. The van der Waals surface area contributed by atoms with Gasteiger partial charge in [-0.15, -0.1) is 0 Å². The first-order valence-corrected chi connectivity index (χ1v) is 10.9. The molecule has 2 aromatic rings. The van der Waals surface area contributed by atoms with Crippen LogP contribution in [0.5, 0.6) is 0 Å². The summed E-state index contributed by atoms with van der Waals surface area (Å²) in [7, 11) is 0. The Morgan fingerprint density at radius 2 is 2.00 bits per heavy atom. The second-order valence-corrected chi connectivity index (χ2v) is 8.24. The van der Waals surface area contributed by atoms with Gasteiger partial charge in [-0.2, -0.15) is 4.98 Å². The summed E-state index contributed by atoms with van der Waals surface area (Å²) in [6.07, 6.45) is 5.33. The lowest BCUT2D eigenvalue weighted by Gasteiger charge is -2.23. The van der Waals surface area contributed by atoms with Crippen molar-refractivity contribution < 1.29 is 9.90 Å². The number of amides is 1. The molecule has 1 N–H and O–H groups in total. The van der Waals surface area contributed by atoms with Crippen molar-refractivity contribution in [2.45, 2.75) is 50.1 Å². The Hall–Kier alpha value is -2.12. The average molecular weight is 400 g/mol. The van der Waals surface area contributed by atoms with E-state index in [0.29, 0.717) is 24.5 Å². The molecular formula is C21H25N3O3S. The van der Waals surface area contributed by atoms with Crippen LogP contribution >= 0.6 is 11.8 Å². The van der Waals surface area contributed by atoms with Crippen molar-refractivity contribution in [2.75, 3.05) is 23.8 Å². The lowest BCUT2D eigenvalue weighted by Crippen LogP contribution is -2.32. The summed E-state index contributed by atoms with van der Waals surface area (Å²) in [6.45, 7) is 1.27. The van der Waals surface area contributed by atoms with E-state index in [9.17, 15) is 9.59 Å². The van der Waals surface area contributed by atoms with E-state index in [1.54, 1.807) is 4.57 Å². The van der Waals surface area contributed by atoms with Crippen LogP contribution in [0.1, 0.15) is 36.1 Å². The van der Waals surface area contributed by atoms with Crippen LogP contribution in [0, 0.1) is 0 Å². The monoisotopic (exact) mass is 399 g/mol. The molecule has 1 aliphatic carbocycles. The van der Waals surface area contributed by atoms with Crippen LogP contribution in [0.15, 0.2) is 34.1 Å². The number of aromatic nitrogens is 2. The Morgan fingerprint density at radius 1 is 1.18 bits per heavy atom. The van der Waals surface area contributed by atoms with Gasteiger partial charge in [-0.3, -0.25) is 9.36 Å². The highest BCUT2D eigenvalue weighted by molar-refractivity contribution is 8.00. The molecule has 0 fully saturated rings. The van der Waals surface area contributed by atoms with Crippen LogP contribution in [0.4, 0.5) is 5.69 Å². The molecule has 0 atom stereocenters. The minimum Gasteiger partial charge on any atom is -0.396 e. The fourth-order valence-electron chi connectivity index (χ4n) is 4.13. The minimum atomic E-state index is -0.268. The summed E-state index contributed by atoms with van der Waals surface area (Å²) >= 11 is 1.39. The fourth-order valence-corrected chi connectivity index (χ4v) is 5.08. The average Bonchev–Trinajstić information content (AvgIpc) is 3.15. The quantitative estimate of drug-likeness (QED) is 0.595. The molecule has 28 heavy (non-hydrogen) atoms. The second kappa shape index (κ2) is 8.49. The highest BCUT2D eigenvalue weighted by Gasteiger charge is 2.26. The van der Waals surface area contributed by atoms with Gasteiger partial charge in [0.05, 0.1) is 5.75 Å². The molecule has 4 rings (SSSR count). The lowest BCUT2D eigenvalue weighted by atomic mass is 9.97. The number of para-hydroxylation sites is 1. The zero-order chi connectivity index (χ0) is 19.5. The molecule has 148 valence electrons. The van der Waals surface area contributed by atoms with Crippen molar-refractivity contribution in [1.82, 2.24) is 9.55 Å². The molecule has 1 aromatic heterocycles. The van der Waals surface area contributed by atoms with Crippen molar-refractivity contribution in [3.8, 4) is 0 Å². The first-order valence-electron chi connectivity index (χ1n) is 9.93. The van der Waals surface area contributed by atoms with E-state index in [2.05, 4.69) is 11.1 Å². The fraction of sp³-hybridized carbons (Fsp3) is 0.476. The van der Waals surface area contributed by atoms with E-state index in [1.165, 1.54) is 17.3 Å². The SMILES string of the molecule is O=C(CSc1nc(=O)n(CCCO)c2c1CCCC2)N1CCc2ccccc21. The van der Waals surface area contributed by atoms with Gasteiger partial charge in [-0.1, -0.05) is 30.0 Å². The normalized spacial score (nSPS) is 15.4. The van der Waals surface area contributed by atoms with Gasteiger partial charge < -0.3 is 10.0 Å². The minimum absolute atomic E-state index is 0.0591. The van der Waals surface area contributed by atoms with Crippen molar-refractivity contribution >= 4 is 23.4 Å². The summed E-state index contributed by atoms with van der Waals surface area (Å²) < 4.78 is 1.72. The molecular weight excluding hydrogens is 374 g/mol. The standard InChI is InChI=1S/C21H25N3O3S/c25-13-5-11-24-18-9-4-2-7-16(18)20(22-21(24)27)28-14-19(26)23-12-10-15-6-1-3-8-17(15)23/h1,3,6,8,25H,2,4-5,7,9-14H2. The maximum absolute atomic E-state index is 12.8. The van der Waals surface area contributed by atoms with Crippen LogP contribution in [0.25, 0.3) is 0 Å². The Labute approximate surface area is 168 Å². The van der Waals surface area contributed by atoms with Gasteiger partial charge in [0.1, 0.15) is 5.03 Å². The molecule has 0 radical (unpaired) electrons. The third-order valence-electron chi connectivity index (χ3n) is 5.51. The van der Waals surface area contributed by atoms with Crippen molar-refractivity contribution in [3.05, 3.63) is 51.6 Å². The topological polar surface area (TPSA) is 75.4 Å². The predicted molar refractivity (Wildman–Crippen MR) is 110 cm³/mol. The van der Waals surface area contributed by atoms with Gasteiger partial charge in [0.25, 0.3) is 0 Å². The maximum Gasteiger partial charge on any atom is 0.348 e. The van der Waals surface area contributed by atoms with Crippen LogP contribution in [0.2, 0.25) is 0 Å². The summed E-state index contributed by atoms with van der Waals surface area (Å²) in [4.78, 5) is 31.5. The molecule has 1 aromatic carbocycles. The molecule has 0 spiro atoms. The third-order valence-corrected chi connectivity index (χ3v) is 6.51. The highest BCUT2D eigenvalue weighted by Crippen LogP contribution is 2.31. The second-order valence-electron chi connectivity index (χ2n) is 7.27. The van der Waals surface area contributed by atoms with Gasteiger partial charge in [0.2, 0.25) is 5.91 Å². The molecule has 7 heteroatoms. The zero-order valence-electron chi connectivity index (χ0n) is 15.9. The zero-order valence-corrected chi connectivity index (χ0v) is 16.7. The smallest absolute Gasteiger partial charge is 0.348 e. The van der Waals surface area contributed by atoms with E-state index in [1.807, 2.05) is 23.1 Å². The number of anilines is 1. The van der Waals surface area contributed by atoms with Crippen LogP contribution in [-0.2, 0) is 30.6 Å². The molecule has 2 heterocycles. The molecule has 6 nitrogen and oxygen atoms in total. The number of rotatable bonds is 6. The van der Waals surface area contributed by atoms with Crippen molar-refractivity contribution in [2.24, 2.45) is 0 Å². The summed E-state index contributed by atoms with van der Waals surface area (Å²) in [5.74, 6) is 0.346. The molecule has 1 aliphatic heterocycles.